The van der Waals surface area contributed by atoms with Crippen LogP contribution >= 0.6 is 24.0 Å². The molecule has 3 N–H and O–H groups in total. The van der Waals surface area contributed by atoms with Gasteiger partial charge in [0.05, 0.1) is 25.4 Å². The maximum absolute atomic E-state index is 12.2. The van der Waals surface area contributed by atoms with Gasteiger partial charge < -0.3 is 25.4 Å². The fourth-order valence-electron chi connectivity index (χ4n) is 3.28. The molecule has 1 fully saturated rings. The molecule has 1 saturated heterocycles. The van der Waals surface area contributed by atoms with Crippen LogP contribution in [0.5, 0.6) is 0 Å². The molecule has 0 aromatic heterocycles. The Morgan fingerprint density at radius 3 is 2.63 bits per heavy atom. The van der Waals surface area contributed by atoms with Gasteiger partial charge in [0.1, 0.15) is 0 Å². The minimum absolute atomic E-state index is 0. The number of hydrogen-bond acceptors (Lipinski definition) is 4. The topological polar surface area (TPSA) is 86.2 Å². The predicted octanol–water partition coefficient (Wildman–Crippen LogP) is 2.56. The number of aliphatic hydroxyl groups excluding tert-OH is 1. The van der Waals surface area contributed by atoms with Crippen LogP contribution in [0.25, 0.3) is 0 Å². The second kappa shape index (κ2) is 13.8. The first-order valence-electron chi connectivity index (χ1n) is 10.6. The largest absolute Gasteiger partial charge is 0.389 e. The van der Waals surface area contributed by atoms with E-state index in [2.05, 4.69) is 15.6 Å². The fraction of sp³-hybridized carbons (Fsp3) is 0.636. The van der Waals surface area contributed by atoms with Crippen molar-refractivity contribution in [1.82, 2.24) is 15.5 Å². The van der Waals surface area contributed by atoms with Crippen LogP contribution in [0.4, 0.5) is 0 Å². The molecule has 0 spiro atoms. The van der Waals surface area contributed by atoms with Crippen LogP contribution in [0.1, 0.15) is 45.8 Å². The van der Waals surface area contributed by atoms with Gasteiger partial charge in [-0.3, -0.25) is 9.79 Å². The number of aliphatic imine (C=N–C) groups is 1. The van der Waals surface area contributed by atoms with Crippen molar-refractivity contribution in [3.05, 3.63) is 35.9 Å². The molecule has 3 unspecified atom stereocenters. The minimum Gasteiger partial charge on any atom is -0.389 e. The Bertz CT molecular complexity index is 657. The molecule has 0 aliphatic carbocycles. The number of guanidine groups is 1. The third-order valence-electron chi connectivity index (χ3n) is 4.95. The number of halogens is 1. The molecular weight excluding hydrogens is 495 g/mol. The van der Waals surface area contributed by atoms with E-state index in [4.69, 9.17) is 4.74 Å². The molecule has 30 heavy (non-hydrogen) atoms. The number of nitrogens with zero attached hydrogens (tertiary/aromatic N) is 2. The first kappa shape index (κ1) is 26.6. The molecule has 7 nitrogen and oxygen atoms in total. The summed E-state index contributed by atoms with van der Waals surface area (Å²) in [6.07, 6.45) is 0.131. The summed E-state index contributed by atoms with van der Waals surface area (Å²) in [5.41, 5.74) is 1.08. The van der Waals surface area contributed by atoms with Crippen LogP contribution in [0, 0.1) is 5.92 Å². The van der Waals surface area contributed by atoms with Gasteiger partial charge in [-0.15, -0.1) is 24.0 Å². The van der Waals surface area contributed by atoms with Gasteiger partial charge >= 0.3 is 0 Å². The normalized spacial score (nSPS) is 18.7. The number of hydrogen-bond donors (Lipinski definition) is 3. The van der Waals surface area contributed by atoms with Crippen LogP contribution in [0.2, 0.25) is 0 Å². The molecule has 2 rings (SSSR count). The van der Waals surface area contributed by atoms with Crippen LogP contribution in [-0.2, 0) is 9.53 Å². The Morgan fingerprint density at radius 2 is 2.00 bits per heavy atom. The summed E-state index contributed by atoms with van der Waals surface area (Å²) < 4.78 is 5.77. The summed E-state index contributed by atoms with van der Waals surface area (Å²) in [6, 6.07) is 10.1. The number of likely N-dealkylation sites (tertiary alicyclic amines) is 1. The van der Waals surface area contributed by atoms with Crippen molar-refractivity contribution in [2.45, 2.75) is 52.4 Å². The highest BCUT2D eigenvalue weighted by Crippen LogP contribution is 2.16. The molecule has 1 aromatic rings. The van der Waals surface area contributed by atoms with E-state index in [9.17, 15) is 9.90 Å². The van der Waals surface area contributed by atoms with Crippen molar-refractivity contribution in [2.75, 3.05) is 32.8 Å². The third kappa shape index (κ3) is 8.77. The second-order valence-corrected chi connectivity index (χ2v) is 7.83. The third-order valence-corrected chi connectivity index (χ3v) is 4.95. The highest BCUT2D eigenvalue weighted by molar-refractivity contribution is 14.0. The van der Waals surface area contributed by atoms with E-state index >= 15 is 0 Å². The van der Waals surface area contributed by atoms with Crippen molar-refractivity contribution in [3.8, 4) is 0 Å². The van der Waals surface area contributed by atoms with E-state index in [1.165, 1.54) is 0 Å². The molecule has 0 saturated carbocycles. The van der Waals surface area contributed by atoms with Gasteiger partial charge in [-0.1, -0.05) is 44.2 Å². The number of carbonyl (C=O) groups is 1. The number of carbonyl (C=O) groups excluding carboxylic acids is 1. The zero-order valence-electron chi connectivity index (χ0n) is 18.5. The quantitative estimate of drug-likeness (QED) is 0.259. The standard InChI is InChI=1S/C22H36N4O3.HI/c1-5-23-22(25-19-11-12-26(14-19)21(28)16(2)3)24-13-20(27)15-29-17(4)18-9-7-6-8-10-18;/h6-10,16-17,19-20,27H,5,11-15H2,1-4H3,(H2,23,24,25);1H. The summed E-state index contributed by atoms with van der Waals surface area (Å²) >= 11 is 0. The lowest BCUT2D eigenvalue weighted by Crippen LogP contribution is -2.45. The van der Waals surface area contributed by atoms with E-state index in [0.717, 1.165) is 25.1 Å². The summed E-state index contributed by atoms with van der Waals surface area (Å²) in [4.78, 5) is 18.5. The van der Waals surface area contributed by atoms with Gasteiger partial charge in [-0.2, -0.15) is 0 Å². The summed E-state index contributed by atoms with van der Waals surface area (Å²) in [6.45, 7) is 10.5. The molecule has 1 aliphatic heterocycles. The average Bonchev–Trinajstić information content (AvgIpc) is 3.18. The second-order valence-electron chi connectivity index (χ2n) is 7.83. The zero-order valence-corrected chi connectivity index (χ0v) is 20.8. The first-order chi connectivity index (χ1) is 13.9. The van der Waals surface area contributed by atoms with Crippen LogP contribution < -0.4 is 10.6 Å². The minimum atomic E-state index is -0.681. The lowest BCUT2D eigenvalue weighted by Gasteiger charge is -2.21. The van der Waals surface area contributed by atoms with Crippen LogP contribution in [0.15, 0.2) is 35.3 Å². The van der Waals surface area contributed by atoms with Crippen molar-refractivity contribution < 1.29 is 14.6 Å². The maximum Gasteiger partial charge on any atom is 0.225 e. The van der Waals surface area contributed by atoms with Crippen molar-refractivity contribution in [2.24, 2.45) is 10.9 Å². The number of benzene rings is 1. The molecule has 3 atom stereocenters. The first-order valence-corrected chi connectivity index (χ1v) is 10.6. The molecule has 1 aromatic carbocycles. The lowest BCUT2D eigenvalue weighted by atomic mass is 10.1. The van der Waals surface area contributed by atoms with Crippen LogP contribution in [0.3, 0.4) is 0 Å². The molecule has 1 amide bonds. The van der Waals surface area contributed by atoms with Gasteiger partial charge in [0.2, 0.25) is 5.91 Å². The highest BCUT2D eigenvalue weighted by atomic mass is 127. The van der Waals surface area contributed by atoms with Crippen molar-refractivity contribution in [3.63, 3.8) is 0 Å². The van der Waals surface area contributed by atoms with Crippen LogP contribution in [-0.4, -0.2) is 66.8 Å². The van der Waals surface area contributed by atoms with E-state index in [1.54, 1.807) is 0 Å². The van der Waals surface area contributed by atoms with Crippen molar-refractivity contribution >= 4 is 35.8 Å². The van der Waals surface area contributed by atoms with Crippen molar-refractivity contribution in [1.29, 1.82) is 0 Å². The molecule has 1 heterocycles. The zero-order chi connectivity index (χ0) is 21.2. The van der Waals surface area contributed by atoms with Gasteiger partial charge in [0, 0.05) is 31.6 Å². The number of aliphatic hydroxyl groups is 1. The highest BCUT2D eigenvalue weighted by Gasteiger charge is 2.28. The number of ether oxygens (including phenoxy) is 1. The van der Waals surface area contributed by atoms with Gasteiger partial charge in [0.25, 0.3) is 0 Å². The fourth-order valence-corrected chi connectivity index (χ4v) is 3.28. The average molecular weight is 532 g/mol. The van der Waals surface area contributed by atoms with E-state index < -0.39 is 6.10 Å². The molecule has 8 heteroatoms. The Hall–Kier alpha value is -1.39. The Balaban J connectivity index is 0.00000450. The SMILES string of the molecule is CCNC(=NCC(O)COC(C)c1ccccc1)NC1CCN(C(=O)C(C)C)C1.I. The van der Waals surface area contributed by atoms with Gasteiger partial charge in [-0.25, -0.2) is 0 Å². The number of amides is 1. The smallest absolute Gasteiger partial charge is 0.225 e. The Morgan fingerprint density at radius 1 is 1.30 bits per heavy atom. The summed E-state index contributed by atoms with van der Waals surface area (Å²) in [5.74, 6) is 0.868. The van der Waals surface area contributed by atoms with Gasteiger partial charge in [0.15, 0.2) is 5.96 Å². The number of rotatable bonds is 9. The molecule has 0 radical (unpaired) electrons. The number of nitrogens with one attached hydrogen (secondary N) is 2. The Kier molecular flexibility index (Phi) is 12.3. The van der Waals surface area contributed by atoms with E-state index in [1.807, 2.05) is 62.9 Å². The van der Waals surface area contributed by atoms with E-state index in [0.29, 0.717) is 12.5 Å². The lowest BCUT2D eigenvalue weighted by molar-refractivity contribution is -0.133. The molecule has 0 bridgehead atoms. The van der Waals surface area contributed by atoms with E-state index in [-0.39, 0.29) is 61.1 Å². The molecular formula is C22H37IN4O3. The monoisotopic (exact) mass is 532 g/mol. The molecule has 1 aliphatic rings. The van der Waals surface area contributed by atoms with Gasteiger partial charge in [-0.05, 0) is 25.8 Å². The maximum atomic E-state index is 12.2. The Labute approximate surface area is 197 Å². The summed E-state index contributed by atoms with van der Waals surface area (Å²) in [5, 5.41) is 16.8. The summed E-state index contributed by atoms with van der Waals surface area (Å²) in [7, 11) is 0. The predicted molar refractivity (Wildman–Crippen MR) is 131 cm³/mol. The molecule has 170 valence electrons.